The van der Waals surface area contributed by atoms with Gasteiger partial charge >= 0.3 is 11.9 Å². The Bertz CT molecular complexity index is 1010. The summed E-state index contributed by atoms with van der Waals surface area (Å²) in [5, 5.41) is 4.99. The lowest BCUT2D eigenvalue weighted by atomic mass is 10.1. The highest BCUT2D eigenvalue weighted by Crippen LogP contribution is 2.31. The van der Waals surface area contributed by atoms with Crippen molar-refractivity contribution in [2.75, 3.05) is 12.9 Å². The van der Waals surface area contributed by atoms with Crippen LogP contribution in [0, 0.1) is 0 Å². The average molecular weight is 356 g/mol. The molecule has 0 amide bonds. The number of carbonyl (C=O) groups excluding carboxylic acids is 2. The Kier molecular flexibility index (Phi) is 3.85. The van der Waals surface area contributed by atoms with Crippen molar-refractivity contribution in [3.8, 4) is 0 Å². The van der Waals surface area contributed by atoms with Crippen LogP contribution in [0.1, 0.15) is 32.9 Å². The molecule has 0 saturated carbocycles. The van der Waals surface area contributed by atoms with Crippen molar-refractivity contribution in [1.82, 2.24) is 15.1 Å². The number of ketones is 1. The second kappa shape index (κ2) is 6.17. The molecule has 0 radical (unpaired) electrons. The lowest BCUT2D eigenvalue weighted by Gasteiger charge is -1.97. The van der Waals surface area contributed by atoms with Crippen LogP contribution in [-0.2, 0) is 4.74 Å². The number of nitrogens with zero attached hydrogens (tertiary/aromatic N) is 3. The highest BCUT2D eigenvalue weighted by molar-refractivity contribution is 8.16. The van der Waals surface area contributed by atoms with Gasteiger partial charge in [0.2, 0.25) is 5.78 Å². The Morgan fingerprint density at radius 1 is 1.36 bits per heavy atom. The van der Waals surface area contributed by atoms with E-state index in [1.165, 1.54) is 18.9 Å². The molecule has 0 bridgehead atoms. The Labute approximate surface area is 145 Å². The number of aromatic nitrogens is 3. The summed E-state index contributed by atoms with van der Waals surface area (Å²) in [7, 11) is 1.23. The number of ether oxygens (including phenoxy) is 1. The number of carbonyl (C=O) groups is 2. The van der Waals surface area contributed by atoms with Crippen LogP contribution in [0.5, 0.6) is 0 Å². The molecule has 0 aliphatic carbocycles. The number of hydrogen-bond acceptors (Lipinski definition) is 8. The molecule has 8 nitrogen and oxygen atoms in total. The predicted molar refractivity (Wildman–Crippen MR) is 90.9 cm³/mol. The van der Waals surface area contributed by atoms with Gasteiger partial charge in [0.15, 0.2) is 5.82 Å². The Morgan fingerprint density at radius 2 is 2.20 bits per heavy atom. The molecule has 1 unspecified atom stereocenters. The molecule has 0 spiro atoms. The summed E-state index contributed by atoms with van der Waals surface area (Å²) >= 11 is 1.33. The monoisotopic (exact) mass is 356 g/mol. The molecule has 126 valence electrons. The number of rotatable bonds is 4. The van der Waals surface area contributed by atoms with E-state index in [-0.39, 0.29) is 17.5 Å². The van der Waals surface area contributed by atoms with Crippen molar-refractivity contribution in [2.24, 2.45) is 4.99 Å². The molecule has 1 N–H and O–H groups in total. The van der Waals surface area contributed by atoms with E-state index in [9.17, 15) is 9.59 Å². The van der Waals surface area contributed by atoms with Gasteiger partial charge in [-0.3, -0.25) is 9.79 Å². The van der Waals surface area contributed by atoms with E-state index in [1.807, 2.05) is 24.3 Å². The quantitative estimate of drug-likeness (QED) is 0.564. The molecule has 3 aromatic rings. The second-order valence-corrected chi connectivity index (χ2v) is 6.30. The Hall–Kier alpha value is -2.94. The first-order valence-corrected chi connectivity index (χ1v) is 8.39. The highest BCUT2D eigenvalue weighted by atomic mass is 32.2. The molecule has 1 aliphatic rings. The zero-order valence-corrected chi connectivity index (χ0v) is 13.9. The minimum Gasteiger partial charge on any atom is -0.462 e. The summed E-state index contributed by atoms with van der Waals surface area (Å²) in [6, 6.07) is 7.15. The zero-order valence-electron chi connectivity index (χ0n) is 13.1. The number of para-hydroxylation sites is 1. The van der Waals surface area contributed by atoms with E-state index in [0.717, 1.165) is 10.9 Å². The van der Waals surface area contributed by atoms with Crippen molar-refractivity contribution in [2.45, 2.75) is 6.04 Å². The smallest absolute Gasteiger partial charge is 0.397 e. The highest BCUT2D eigenvalue weighted by Gasteiger charge is 2.30. The first-order chi connectivity index (χ1) is 12.2. The predicted octanol–water partition coefficient (Wildman–Crippen LogP) is 2.41. The topological polar surface area (TPSA) is 110 Å². The number of aliphatic imine (C=N–C) groups is 1. The summed E-state index contributed by atoms with van der Waals surface area (Å²) in [6.07, 6.45) is 1.69. The molecule has 0 saturated heterocycles. The van der Waals surface area contributed by atoms with Gasteiger partial charge in [-0.05, 0) is 6.07 Å². The number of thioether (sulfide) groups is 1. The van der Waals surface area contributed by atoms with E-state index < -0.39 is 12.0 Å². The van der Waals surface area contributed by atoms with Crippen LogP contribution in [0.3, 0.4) is 0 Å². The molecule has 3 heterocycles. The lowest BCUT2D eigenvalue weighted by molar-refractivity contribution is 0.0545. The van der Waals surface area contributed by atoms with Crippen LogP contribution >= 0.6 is 11.8 Å². The summed E-state index contributed by atoms with van der Waals surface area (Å²) in [4.78, 5) is 35.6. The van der Waals surface area contributed by atoms with E-state index in [1.54, 1.807) is 6.20 Å². The second-order valence-electron chi connectivity index (χ2n) is 5.29. The number of benzene rings is 1. The van der Waals surface area contributed by atoms with Crippen molar-refractivity contribution in [3.05, 3.63) is 47.7 Å². The third-order valence-electron chi connectivity index (χ3n) is 3.78. The largest absolute Gasteiger partial charge is 0.462 e. The van der Waals surface area contributed by atoms with Crippen molar-refractivity contribution >= 4 is 39.5 Å². The Balaban J connectivity index is 1.59. The van der Waals surface area contributed by atoms with Crippen molar-refractivity contribution in [3.63, 3.8) is 0 Å². The van der Waals surface area contributed by atoms with Gasteiger partial charge in [0.25, 0.3) is 0 Å². The number of aromatic amines is 1. The summed E-state index contributed by atoms with van der Waals surface area (Å²) < 4.78 is 9.38. The van der Waals surface area contributed by atoms with Crippen LogP contribution in [0.2, 0.25) is 0 Å². The van der Waals surface area contributed by atoms with Crippen LogP contribution in [0.4, 0.5) is 0 Å². The minimum atomic E-state index is -0.705. The van der Waals surface area contributed by atoms with Gasteiger partial charge in [-0.15, -0.1) is 11.8 Å². The summed E-state index contributed by atoms with van der Waals surface area (Å²) in [6.45, 7) is 0. The van der Waals surface area contributed by atoms with Crippen LogP contribution in [0.15, 0.2) is 40.0 Å². The maximum absolute atomic E-state index is 12.7. The molecule has 1 atom stereocenters. The van der Waals surface area contributed by atoms with E-state index in [0.29, 0.717) is 16.4 Å². The summed E-state index contributed by atoms with van der Waals surface area (Å²) in [5.41, 5.74) is 1.47. The fourth-order valence-corrected chi connectivity index (χ4v) is 3.53. The molecular formula is C16H12N4O4S. The first kappa shape index (κ1) is 15.6. The number of nitrogens with one attached hydrogen (secondary N) is 1. The van der Waals surface area contributed by atoms with Crippen LogP contribution in [0.25, 0.3) is 10.9 Å². The molecule has 0 fully saturated rings. The number of fused-ring (bicyclic) bond motifs is 1. The maximum Gasteiger partial charge on any atom is 0.397 e. The molecular weight excluding hydrogens is 344 g/mol. The number of H-pyrrole nitrogens is 1. The normalized spacial score (nSPS) is 16.8. The van der Waals surface area contributed by atoms with Crippen molar-refractivity contribution in [1.29, 1.82) is 0 Å². The standard InChI is InChI=1S/C16H12N4O4S/c1-23-16(22)14-19-13(20-24-14)11-7-25-15(18-11)12(21)9-6-17-10-5-3-2-4-8(9)10/h2-6,11,17H,7H2,1H3. The summed E-state index contributed by atoms with van der Waals surface area (Å²) in [5.74, 6) is -0.322. The van der Waals surface area contributed by atoms with Gasteiger partial charge in [0.1, 0.15) is 11.1 Å². The molecule has 9 heteroatoms. The maximum atomic E-state index is 12.7. The molecule has 25 heavy (non-hydrogen) atoms. The molecule has 1 aliphatic heterocycles. The Morgan fingerprint density at radius 3 is 3.04 bits per heavy atom. The number of hydrogen-bond donors (Lipinski definition) is 1. The van der Waals surface area contributed by atoms with Gasteiger partial charge in [0, 0.05) is 22.9 Å². The van der Waals surface area contributed by atoms with Gasteiger partial charge in [-0.25, -0.2) is 4.79 Å². The van der Waals surface area contributed by atoms with Gasteiger partial charge in [0.05, 0.1) is 12.7 Å². The third-order valence-corrected chi connectivity index (χ3v) is 4.83. The van der Waals surface area contributed by atoms with Crippen molar-refractivity contribution < 1.29 is 18.8 Å². The fourth-order valence-electron chi connectivity index (χ4n) is 2.55. The van der Waals surface area contributed by atoms with Gasteiger partial charge < -0.3 is 14.2 Å². The van der Waals surface area contributed by atoms with Crippen LogP contribution in [-0.4, -0.2) is 44.8 Å². The van der Waals surface area contributed by atoms with E-state index in [2.05, 4.69) is 24.9 Å². The van der Waals surface area contributed by atoms with Crippen LogP contribution < -0.4 is 0 Å². The number of esters is 1. The number of methoxy groups -OCH3 is 1. The SMILES string of the molecule is COC(=O)c1nc(C2CSC(C(=O)c3c[nH]c4ccccc34)=N2)no1. The molecule has 4 rings (SSSR count). The van der Waals surface area contributed by atoms with E-state index in [4.69, 9.17) is 4.52 Å². The number of Topliss-reactive ketones (excluding diaryl/α,β-unsaturated/α-hetero) is 1. The average Bonchev–Trinajstić information content (AvgIpc) is 3.38. The fraction of sp³-hybridized carbons (Fsp3) is 0.188. The molecule has 1 aromatic carbocycles. The van der Waals surface area contributed by atoms with Gasteiger partial charge in [-0.2, -0.15) is 4.98 Å². The van der Waals surface area contributed by atoms with E-state index >= 15 is 0 Å². The minimum absolute atomic E-state index is 0.151. The lowest BCUT2D eigenvalue weighted by Crippen LogP contribution is -2.08. The molecule has 2 aromatic heterocycles. The third kappa shape index (κ3) is 2.72. The first-order valence-electron chi connectivity index (χ1n) is 7.40. The zero-order chi connectivity index (χ0) is 17.4. The van der Waals surface area contributed by atoms with Gasteiger partial charge in [-0.1, -0.05) is 23.4 Å².